The van der Waals surface area contributed by atoms with Gasteiger partial charge < -0.3 is 19.5 Å². The molecule has 0 unspecified atom stereocenters. The molecule has 0 saturated carbocycles. The number of halogens is 2. The summed E-state index contributed by atoms with van der Waals surface area (Å²) in [5, 5.41) is 10.7. The highest BCUT2D eigenvalue weighted by molar-refractivity contribution is 7.85. The first-order chi connectivity index (χ1) is 21.9. The van der Waals surface area contributed by atoms with Crippen molar-refractivity contribution >= 4 is 27.5 Å². The van der Waals surface area contributed by atoms with Crippen LogP contribution in [0.3, 0.4) is 0 Å². The number of aliphatic hydroxyl groups excluding tert-OH is 1. The molecule has 2 aliphatic rings. The largest absolute Gasteiger partial charge is 0.388 e. The zero-order valence-electron chi connectivity index (χ0n) is 25.2. The number of carbonyl (C=O) groups excluding carboxylic acids is 2. The van der Waals surface area contributed by atoms with E-state index in [0.717, 1.165) is 11.1 Å². The van der Waals surface area contributed by atoms with Crippen LogP contribution in [-0.2, 0) is 35.6 Å². The van der Waals surface area contributed by atoms with Crippen LogP contribution in [0, 0.1) is 17.6 Å². The number of ether oxygens (including phenoxy) is 2. The van der Waals surface area contributed by atoms with E-state index in [1.165, 1.54) is 36.4 Å². The standard InChI is InChI=1S/C34H37F2NO8S/c35-26-9-7-24(8-10-26)31(39)16-15-30-32(37(33(30)40)28-13-11-27(36)12-14-28)25-5-3-23(4-6-25)17-18-34(21-44-22-34)45-20-29(38)2-1-19-46(41,42)43/h3-14,30-32,39H,1-2,15-22H2,(H,41,42,43)/t30-,31+,32-/m1/s1. The Morgan fingerprint density at radius 2 is 1.63 bits per heavy atom. The van der Waals surface area contributed by atoms with Gasteiger partial charge in [-0.1, -0.05) is 36.4 Å². The van der Waals surface area contributed by atoms with Gasteiger partial charge >= 0.3 is 0 Å². The van der Waals surface area contributed by atoms with Crippen molar-refractivity contribution in [1.82, 2.24) is 0 Å². The first-order valence-corrected chi connectivity index (χ1v) is 16.8. The van der Waals surface area contributed by atoms with Gasteiger partial charge in [-0.3, -0.25) is 14.1 Å². The number of amides is 1. The molecule has 46 heavy (non-hydrogen) atoms. The van der Waals surface area contributed by atoms with Crippen LogP contribution in [0.4, 0.5) is 14.5 Å². The lowest BCUT2D eigenvalue weighted by atomic mass is 9.78. The van der Waals surface area contributed by atoms with Gasteiger partial charge in [0.15, 0.2) is 5.78 Å². The van der Waals surface area contributed by atoms with E-state index in [-0.39, 0.29) is 37.2 Å². The van der Waals surface area contributed by atoms with E-state index in [1.807, 2.05) is 24.3 Å². The minimum Gasteiger partial charge on any atom is -0.388 e. The van der Waals surface area contributed by atoms with E-state index < -0.39 is 45.1 Å². The second-order valence-corrected chi connectivity index (χ2v) is 13.6. The normalized spacial score (nSPS) is 19.7. The van der Waals surface area contributed by atoms with Gasteiger partial charge in [0.05, 0.1) is 37.0 Å². The molecular formula is C34H37F2NO8S. The van der Waals surface area contributed by atoms with Crippen LogP contribution < -0.4 is 4.90 Å². The van der Waals surface area contributed by atoms with Crippen molar-refractivity contribution in [2.45, 2.75) is 56.3 Å². The number of hydrogen-bond donors (Lipinski definition) is 2. The molecule has 2 saturated heterocycles. The summed E-state index contributed by atoms with van der Waals surface area (Å²) >= 11 is 0. The van der Waals surface area contributed by atoms with Gasteiger partial charge in [-0.2, -0.15) is 8.42 Å². The second kappa shape index (κ2) is 14.5. The molecule has 0 spiro atoms. The molecule has 2 heterocycles. The molecule has 2 fully saturated rings. The first kappa shape index (κ1) is 33.8. The number of anilines is 1. The molecule has 1 amide bonds. The molecule has 0 aliphatic carbocycles. The molecule has 3 aromatic rings. The number of Topliss-reactive ketones (excluding diaryl/α,β-unsaturated/α-hetero) is 1. The molecule has 2 aliphatic heterocycles. The van der Waals surface area contributed by atoms with Gasteiger partial charge in [0.1, 0.15) is 23.8 Å². The Morgan fingerprint density at radius 3 is 2.22 bits per heavy atom. The van der Waals surface area contributed by atoms with Crippen LogP contribution in [0.5, 0.6) is 0 Å². The molecule has 0 bridgehead atoms. The van der Waals surface area contributed by atoms with Crippen LogP contribution >= 0.6 is 0 Å². The lowest BCUT2D eigenvalue weighted by molar-refractivity contribution is -0.211. The van der Waals surface area contributed by atoms with Crippen LogP contribution in [0.15, 0.2) is 72.8 Å². The number of nitrogens with zero attached hydrogens (tertiary/aromatic N) is 1. The summed E-state index contributed by atoms with van der Waals surface area (Å²) in [5.74, 6) is -2.06. The Bertz CT molecular complexity index is 1610. The van der Waals surface area contributed by atoms with Crippen molar-refractivity contribution in [2.75, 3.05) is 30.5 Å². The highest BCUT2D eigenvalue weighted by Crippen LogP contribution is 2.46. The topological polar surface area (TPSA) is 130 Å². The van der Waals surface area contributed by atoms with Crippen LogP contribution in [0.25, 0.3) is 0 Å². The molecule has 0 aromatic heterocycles. The molecule has 5 rings (SSSR count). The molecule has 2 N–H and O–H groups in total. The molecule has 9 nitrogen and oxygen atoms in total. The average molecular weight is 658 g/mol. The fourth-order valence-corrected chi connectivity index (χ4v) is 6.44. The molecule has 0 radical (unpaired) electrons. The number of carbonyl (C=O) groups is 2. The van der Waals surface area contributed by atoms with Crippen molar-refractivity contribution in [1.29, 1.82) is 0 Å². The number of β-lactam (4-membered cyclic amide) rings is 1. The minimum absolute atomic E-state index is 0.0109. The summed E-state index contributed by atoms with van der Waals surface area (Å²) in [4.78, 5) is 27.2. The number of rotatable bonds is 16. The third-order valence-corrected chi connectivity index (χ3v) is 9.45. The highest BCUT2D eigenvalue weighted by atomic mass is 32.2. The number of benzene rings is 3. The van der Waals surface area contributed by atoms with Gasteiger partial charge in [-0.05, 0) is 85.2 Å². The summed E-state index contributed by atoms with van der Waals surface area (Å²) in [7, 11) is -4.11. The summed E-state index contributed by atoms with van der Waals surface area (Å²) in [5.41, 5.74) is 2.44. The van der Waals surface area contributed by atoms with Crippen molar-refractivity contribution < 1.29 is 45.9 Å². The minimum atomic E-state index is -4.11. The van der Waals surface area contributed by atoms with Crippen LogP contribution in [0.2, 0.25) is 0 Å². The lowest BCUT2D eigenvalue weighted by Gasteiger charge is -2.48. The predicted molar refractivity (Wildman–Crippen MR) is 166 cm³/mol. The van der Waals surface area contributed by atoms with Crippen molar-refractivity contribution in [3.63, 3.8) is 0 Å². The number of hydrogen-bond acceptors (Lipinski definition) is 7. The Labute approximate surface area is 266 Å². The van der Waals surface area contributed by atoms with Crippen molar-refractivity contribution in [3.05, 3.63) is 101 Å². The van der Waals surface area contributed by atoms with E-state index in [1.54, 1.807) is 17.0 Å². The van der Waals surface area contributed by atoms with Gasteiger partial charge in [0.2, 0.25) is 5.91 Å². The average Bonchev–Trinajstić information content (AvgIpc) is 3.00. The quantitative estimate of drug-likeness (QED) is 0.160. The van der Waals surface area contributed by atoms with Crippen LogP contribution in [0.1, 0.15) is 60.9 Å². The van der Waals surface area contributed by atoms with E-state index in [4.69, 9.17) is 14.0 Å². The summed E-state index contributed by atoms with van der Waals surface area (Å²) in [6.45, 7) is 0.511. The molecular weight excluding hydrogens is 620 g/mol. The maximum Gasteiger partial charge on any atom is 0.264 e. The second-order valence-electron chi connectivity index (χ2n) is 12.0. The molecule has 12 heteroatoms. The number of ketones is 1. The maximum atomic E-state index is 13.7. The fourth-order valence-electron chi connectivity index (χ4n) is 5.93. The van der Waals surface area contributed by atoms with Gasteiger partial charge in [-0.15, -0.1) is 0 Å². The highest BCUT2D eigenvalue weighted by Gasteiger charge is 2.48. The number of aryl methyl sites for hydroxylation is 1. The predicted octanol–water partition coefficient (Wildman–Crippen LogP) is 5.14. The summed E-state index contributed by atoms with van der Waals surface area (Å²) < 4.78 is 68.8. The first-order valence-electron chi connectivity index (χ1n) is 15.2. The molecule has 3 atom stereocenters. The van der Waals surface area contributed by atoms with Gasteiger partial charge in [0.25, 0.3) is 10.1 Å². The third-order valence-electron chi connectivity index (χ3n) is 8.64. The van der Waals surface area contributed by atoms with Crippen molar-refractivity contribution in [3.8, 4) is 0 Å². The monoisotopic (exact) mass is 657 g/mol. The van der Waals surface area contributed by atoms with Crippen molar-refractivity contribution in [2.24, 2.45) is 5.92 Å². The lowest BCUT2D eigenvalue weighted by Crippen LogP contribution is -2.55. The van der Waals surface area contributed by atoms with E-state index >= 15 is 0 Å². The Morgan fingerprint density at radius 1 is 1.00 bits per heavy atom. The fraction of sp³-hybridized carbons (Fsp3) is 0.412. The van der Waals surface area contributed by atoms with E-state index in [0.29, 0.717) is 50.1 Å². The zero-order chi connectivity index (χ0) is 32.9. The Kier molecular flexibility index (Phi) is 10.6. The molecule has 246 valence electrons. The maximum absolute atomic E-state index is 13.7. The third kappa shape index (κ3) is 8.42. The van der Waals surface area contributed by atoms with Gasteiger partial charge in [0, 0.05) is 12.1 Å². The van der Waals surface area contributed by atoms with E-state index in [2.05, 4.69) is 0 Å². The summed E-state index contributed by atoms with van der Waals surface area (Å²) in [6.07, 6.45) is 1.10. The SMILES string of the molecule is O=C(CCCS(=O)(=O)O)COC1(CCc2ccc([C@@H]3[C@@H](CC[C@H](O)c4ccc(F)cc4)C(=O)N3c3ccc(F)cc3)cc2)COC1. The number of aliphatic hydroxyl groups is 1. The van der Waals surface area contributed by atoms with E-state index in [9.17, 15) is 31.9 Å². The Balaban J connectivity index is 1.21. The molecule has 3 aromatic carbocycles. The van der Waals surface area contributed by atoms with Gasteiger partial charge in [-0.25, -0.2) is 8.78 Å². The van der Waals surface area contributed by atoms with Crippen LogP contribution in [-0.4, -0.2) is 60.9 Å². The Hall–Kier alpha value is -3.55. The smallest absolute Gasteiger partial charge is 0.264 e. The summed E-state index contributed by atoms with van der Waals surface area (Å²) in [6, 6.07) is 18.9. The zero-order valence-corrected chi connectivity index (χ0v) is 26.0.